The smallest absolute Gasteiger partial charge is 0.256 e. The third kappa shape index (κ3) is 3.82. The Labute approximate surface area is 206 Å². The van der Waals surface area contributed by atoms with Crippen LogP contribution in [0.15, 0.2) is 66.7 Å². The van der Waals surface area contributed by atoms with Gasteiger partial charge in [0.15, 0.2) is 0 Å². The molecule has 6 rings (SSSR count). The molecule has 1 amide bonds. The number of amides is 1. The maximum absolute atomic E-state index is 13.4. The van der Waals surface area contributed by atoms with Crippen molar-refractivity contribution in [1.29, 1.82) is 0 Å². The van der Waals surface area contributed by atoms with Crippen molar-refractivity contribution >= 4 is 54.6 Å². The van der Waals surface area contributed by atoms with E-state index in [0.717, 1.165) is 51.4 Å². The van der Waals surface area contributed by atoms with Crippen molar-refractivity contribution < 1.29 is 4.79 Å². The molecule has 170 valence electrons. The van der Waals surface area contributed by atoms with E-state index >= 15 is 0 Å². The van der Waals surface area contributed by atoms with E-state index in [1.54, 1.807) is 22.7 Å². The highest BCUT2D eigenvalue weighted by molar-refractivity contribution is 7.23. The molecule has 3 aromatic carbocycles. The van der Waals surface area contributed by atoms with E-state index in [9.17, 15) is 4.79 Å². The molecule has 0 unspecified atom stereocenters. The molecule has 0 aliphatic carbocycles. The second-order valence-electron chi connectivity index (χ2n) is 9.02. The highest BCUT2D eigenvalue weighted by Gasteiger charge is 2.28. The van der Waals surface area contributed by atoms with E-state index < -0.39 is 0 Å². The molecule has 1 aliphatic heterocycles. The van der Waals surface area contributed by atoms with Crippen molar-refractivity contribution in [3.63, 3.8) is 0 Å². The fourth-order valence-corrected chi connectivity index (χ4v) is 7.04. The van der Waals surface area contributed by atoms with Crippen LogP contribution >= 0.6 is 22.7 Å². The Kier molecular flexibility index (Phi) is 5.44. The molecule has 0 saturated heterocycles. The number of aromatic nitrogens is 1. The lowest BCUT2D eigenvalue weighted by Gasteiger charge is -2.30. The highest BCUT2D eigenvalue weighted by atomic mass is 32.1. The van der Waals surface area contributed by atoms with Gasteiger partial charge in [-0.25, -0.2) is 4.98 Å². The van der Waals surface area contributed by atoms with Gasteiger partial charge in [0.25, 0.3) is 5.91 Å². The van der Waals surface area contributed by atoms with Crippen LogP contribution in [0, 0.1) is 0 Å². The third-order valence-electron chi connectivity index (χ3n) is 6.56. The van der Waals surface area contributed by atoms with Gasteiger partial charge in [0.2, 0.25) is 0 Å². The summed E-state index contributed by atoms with van der Waals surface area (Å²) in [6.07, 6.45) is 0.973. The Bertz CT molecular complexity index is 1500. The summed E-state index contributed by atoms with van der Waals surface area (Å²) in [6.45, 7) is 6.43. The largest absolute Gasteiger partial charge is 0.313 e. The normalized spacial score (nSPS) is 14.1. The fourth-order valence-electron chi connectivity index (χ4n) is 4.66. The predicted molar refractivity (Wildman–Crippen MR) is 144 cm³/mol. The van der Waals surface area contributed by atoms with E-state index in [1.807, 2.05) is 42.5 Å². The molecule has 5 aromatic rings. The van der Waals surface area contributed by atoms with E-state index in [2.05, 4.69) is 48.3 Å². The van der Waals surface area contributed by atoms with Gasteiger partial charge in [0, 0.05) is 35.1 Å². The number of anilines is 1. The Hall–Kier alpha value is -3.06. The summed E-state index contributed by atoms with van der Waals surface area (Å²) < 4.78 is 1.17. The SMILES string of the molecule is CC(C)N1CCc2c(sc(NC(=O)c3ccc4ccccc4c3)c2-c2nc3ccccc3s2)C1. The van der Waals surface area contributed by atoms with Crippen molar-refractivity contribution in [2.24, 2.45) is 0 Å². The fraction of sp³-hybridized carbons (Fsp3) is 0.214. The Balaban J connectivity index is 1.42. The van der Waals surface area contributed by atoms with Gasteiger partial charge >= 0.3 is 0 Å². The monoisotopic (exact) mass is 483 g/mol. The minimum absolute atomic E-state index is 0.0765. The molecule has 0 atom stereocenters. The lowest BCUT2D eigenvalue weighted by Crippen LogP contribution is -2.35. The van der Waals surface area contributed by atoms with Crippen molar-refractivity contribution in [3.8, 4) is 10.6 Å². The molecular formula is C28H25N3OS2. The third-order valence-corrected chi connectivity index (χ3v) is 8.75. The topological polar surface area (TPSA) is 45.2 Å². The number of para-hydroxylation sites is 1. The van der Waals surface area contributed by atoms with Crippen LogP contribution in [0.25, 0.3) is 31.6 Å². The number of carbonyl (C=O) groups is 1. The van der Waals surface area contributed by atoms with E-state index in [4.69, 9.17) is 4.98 Å². The first-order valence-corrected chi connectivity index (χ1v) is 13.2. The molecule has 2 aromatic heterocycles. The zero-order valence-corrected chi connectivity index (χ0v) is 20.8. The number of hydrogen-bond donors (Lipinski definition) is 1. The first-order valence-electron chi connectivity index (χ1n) is 11.6. The molecule has 1 aliphatic rings. The summed E-state index contributed by atoms with van der Waals surface area (Å²) in [5.41, 5.74) is 4.13. The average molecular weight is 484 g/mol. The lowest BCUT2D eigenvalue weighted by atomic mass is 10.0. The lowest BCUT2D eigenvalue weighted by molar-refractivity contribution is 0.102. The van der Waals surface area contributed by atoms with Gasteiger partial charge < -0.3 is 5.32 Å². The first-order chi connectivity index (χ1) is 16.6. The Morgan fingerprint density at radius 3 is 2.62 bits per heavy atom. The molecule has 0 bridgehead atoms. The number of thiazole rings is 1. The summed E-state index contributed by atoms with van der Waals surface area (Å²) in [4.78, 5) is 22.2. The molecule has 0 fully saturated rings. The first kappa shape index (κ1) is 21.5. The van der Waals surface area contributed by atoms with Crippen LogP contribution in [0.1, 0.15) is 34.6 Å². The number of fused-ring (bicyclic) bond motifs is 3. The van der Waals surface area contributed by atoms with Crippen LogP contribution < -0.4 is 5.32 Å². The second-order valence-corrected chi connectivity index (χ2v) is 11.2. The second kappa shape index (κ2) is 8.62. The van der Waals surface area contributed by atoms with Crippen LogP contribution in [-0.4, -0.2) is 28.4 Å². The molecule has 4 nitrogen and oxygen atoms in total. The summed E-state index contributed by atoms with van der Waals surface area (Å²) in [5, 5.41) is 7.37. The maximum Gasteiger partial charge on any atom is 0.256 e. The molecule has 6 heteroatoms. The summed E-state index contributed by atoms with van der Waals surface area (Å²) in [7, 11) is 0. The number of nitrogens with zero attached hydrogens (tertiary/aromatic N) is 2. The number of carbonyl (C=O) groups excluding carboxylic acids is 1. The van der Waals surface area contributed by atoms with Crippen molar-refractivity contribution in [3.05, 3.63) is 82.7 Å². The highest BCUT2D eigenvalue weighted by Crippen LogP contribution is 2.46. The Morgan fingerprint density at radius 1 is 1.00 bits per heavy atom. The van der Waals surface area contributed by atoms with Crippen molar-refractivity contribution in [2.75, 3.05) is 11.9 Å². The minimum atomic E-state index is -0.0765. The van der Waals surface area contributed by atoms with E-state index in [0.29, 0.717) is 11.6 Å². The zero-order chi connectivity index (χ0) is 23.2. The van der Waals surface area contributed by atoms with Gasteiger partial charge in [-0.2, -0.15) is 0 Å². The maximum atomic E-state index is 13.4. The molecular weight excluding hydrogens is 458 g/mol. The molecule has 34 heavy (non-hydrogen) atoms. The van der Waals surface area contributed by atoms with Gasteiger partial charge in [-0.1, -0.05) is 42.5 Å². The molecule has 3 heterocycles. The summed E-state index contributed by atoms with van der Waals surface area (Å²) in [6, 6.07) is 22.8. The van der Waals surface area contributed by atoms with E-state index in [-0.39, 0.29) is 5.91 Å². The number of rotatable bonds is 4. The molecule has 0 radical (unpaired) electrons. The van der Waals surface area contributed by atoms with Crippen LogP contribution in [0.2, 0.25) is 0 Å². The standard InChI is InChI=1S/C28H25N3OS2/c1-17(2)31-14-13-21-24(16-31)34-28(25(21)27-29-22-9-5-6-10-23(22)33-27)30-26(32)20-12-11-18-7-3-4-8-19(18)15-20/h3-12,15,17H,13-14,16H2,1-2H3,(H,30,32). The molecule has 0 spiro atoms. The number of benzene rings is 3. The minimum Gasteiger partial charge on any atom is -0.313 e. The van der Waals surface area contributed by atoms with Gasteiger partial charge in [-0.3, -0.25) is 9.69 Å². The van der Waals surface area contributed by atoms with Crippen LogP contribution in [0.5, 0.6) is 0 Å². The average Bonchev–Trinajstić information content (AvgIpc) is 3.43. The zero-order valence-electron chi connectivity index (χ0n) is 19.2. The van der Waals surface area contributed by atoms with Crippen LogP contribution in [0.3, 0.4) is 0 Å². The summed E-state index contributed by atoms with van der Waals surface area (Å²) in [5.74, 6) is -0.0765. The van der Waals surface area contributed by atoms with E-state index in [1.165, 1.54) is 15.1 Å². The van der Waals surface area contributed by atoms with Gasteiger partial charge in [-0.05, 0) is 60.9 Å². The van der Waals surface area contributed by atoms with Gasteiger partial charge in [0.05, 0.1) is 10.2 Å². The summed E-state index contributed by atoms with van der Waals surface area (Å²) >= 11 is 3.41. The van der Waals surface area contributed by atoms with Crippen LogP contribution in [-0.2, 0) is 13.0 Å². The van der Waals surface area contributed by atoms with Crippen molar-refractivity contribution in [1.82, 2.24) is 9.88 Å². The molecule has 1 N–H and O–H groups in total. The Morgan fingerprint density at radius 2 is 1.79 bits per heavy atom. The molecule has 0 saturated carbocycles. The quantitative estimate of drug-likeness (QED) is 0.294. The number of thiophene rings is 1. The number of hydrogen-bond acceptors (Lipinski definition) is 5. The van der Waals surface area contributed by atoms with Gasteiger partial charge in [-0.15, -0.1) is 22.7 Å². The predicted octanol–water partition coefficient (Wildman–Crippen LogP) is 7.20. The van der Waals surface area contributed by atoms with Gasteiger partial charge in [0.1, 0.15) is 10.0 Å². The van der Waals surface area contributed by atoms with Crippen molar-refractivity contribution in [2.45, 2.75) is 32.9 Å². The van der Waals surface area contributed by atoms with Crippen LogP contribution in [0.4, 0.5) is 5.00 Å². The number of nitrogens with one attached hydrogen (secondary N) is 1.